The minimum atomic E-state index is 0.450. The van der Waals surface area contributed by atoms with Crippen LogP contribution in [0, 0.1) is 0 Å². The molecule has 0 aliphatic carbocycles. The van der Waals surface area contributed by atoms with Gasteiger partial charge in [0.05, 0.1) is 5.56 Å². The van der Waals surface area contributed by atoms with Gasteiger partial charge in [-0.3, -0.25) is 0 Å². The summed E-state index contributed by atoms with van der Waals surface area (Å²) in [7, 11) is 0. The highest BCUT2D eigenvalue weighted by Crippen LogP contribution is 2.25. The van der Waals surface area contributed by atoms with Crippen LogP contribution in [0.5, 0.6) is 5.88 Å². The van der Waals surface area contributed by atoms with E-state index in [0.717, 1.165) is 28.4 Å². The number of halogens is 2. The minimum absolute atomic E-state index is 0.450. The van der Waals surface area contributed by atoms with E-state index in [4.69, 9.17) is 16.3 Å². The molecule has 0 fully saturated rings. The van der Waals surface area contributed by atoms with Gasteiger partial charge in [-0.15, -0.1) is 0 Å². The van der Waals surface area contributed by atoms with Crippen LogP contribution in [0.3, 0.4) is 0 Å². The molecule has 0 saturated carbocycles. The molecule has 0 aliphatic rings. The molecule has 19 heavy (non-hydrogen) atoms. The van der Waals surface area contributed by atoms with E-state index in [1.54, 1.807) is 0 Å². The summed E-state index contributed by atoms with van der Waals surface area (Å²) < 4.78 is 6.79. The molecule has 1 aromatic carbocycles. The van der Waals surface area contributed by atoms with E-state index < -0.39 is 0 Å². The first-order valence-electron chi connectivity index (χ1n) is 6.08. The molecular formula is C14H14BrClN2O. The van der Waals surface area contributed by atoms with Crippen LogP contribution < -0.4 is 4.74 Å². The predicted octanol–water partition coefficient (Wildman–Crippen LogP) is 4.42. The number of benzene rings is 1. The number of hydrogen-bond acceptors (Lipinski definition) is 3. The predicted molar refractivity (Wildman–Crippen MR) is 79.5 cm³/mol. The molecule has 1 heterocycles. The van der Waals surface area contributed by atoms with Gasteiger partial charge in [-0.05, 0) is 12.5 Å². The standard InChI is InChI=1S/C14H14BrClN2O/c1-2-5-11-13(16)17-9-18-14(11)19-8-10-6-3-4-7-12(10)15/h3-4,6-7,9H,2,5,8H2,1H3. The highest BCUT2D eigenvalue weighted by atomic mass is 79.9. The Labute approximate surface area is 126 Å². The fraction of sp³-hybridized carbons (Fsp3) is 0.286. The van der Waals surface area contributed by atoms with E-state index in [-0.39, 0.29) is 0 Å². The third-order valence-electron chi connectivity index (χ3n) is 2.68. The molecule has 0 radical (unpaired) electrons. The van der Waals surface area contributed by atoms with Crippen molar-refractivity contribution in [2.24, 2.45) is 0 Å². The number of aromatic nitrogens is 2. The zero-order valence-electron chi connectivity index (χ0n) is 10.6. The van der Waals surface area contributed by atoms with Crippen molar-refractivity contribution in [2.75, 3.05) is 0 Å². The zero-order valence-corrected chi connectivity index (χ0v) is 12.9. The first kappa shape index (κ1) is 14.3. The number of rotatable bonds is 5. The maximum Gasteiger partial charge on any atom is 0.221 e. The molecule has 0 amide bonds. The van der Waals surface area contributed by atoms with Crippen molar-refractivity contribution in [2.45, 2.75) is 26.4 Å². The van der Waals surface area contributed by atoms with Crippen LogP contribution in [0.15, 0.2) is 35.1 Å². The van der Waals surface area contributed by atoms with E-state index in [1.165, 1.54) is 6.33 Å². The lowest BCUT2D eigenvalue weighted by Gasteiger charge is -2.11. The lowest BCUT2D eigenvalue weighted by molar-refractivity contribution is 0.289. The van der Waals surface area contributed by atoms with E-state index >= 15 is 0 Å². The first-order chi connectivity index (χ1) is 9.22. The van der Waals surface area contributed by atoms with Gasteiger partial charge in [-0.1, -0.05) is 59.1 Å². The molecule has 0 atom stereocenters. The maximum atomic E-state index is 6.08. The Balaban J connectivity index is 2.16. The Morgan fingerprint density at radius 1 is 1.26 bits per heavy atom. The molecule has 2 aromatic rings. The van der Waals surface area contributed by atoms with E-state index in [0.29, 0.717) is 17.6 Å². The Morgan fingerprint density at radius 2 is 2.05 bits per heavy atom. The van der Waals surface area contributed by atoms with Gasteiger partial charge in [-0.2, -0.15) is 0 Å². The molecule has 0 saturated heterocycles. The number of ether oxygens (including phenoxy) is 1. The average molecular weight is 342 g/mol. The molecule has 100 valence electrons. The molecule has 3 nitrogen and oxygen atoms in total. The molecule has 1 aromatic heterocycles. The Morgan fingerprint density at radius 3 is 2.79 bits per heavy atom. The van der Waals surface area contributed by atoms with Gasteiger partial charge in [0.15, 0.2) is 0 Å². The van der Waals surface area contributed by atoms with Gasteiger partial charge >= 0.3 is 0 Å². The maximum absolute atomic E-state index is 6.08. The number of hydrogen-bond donors (Lipinski definition) is 0. The molecule has 0 aliphatic heterocycles. The van der Waals surface area contributed by atoms with Crippen LogP contribution in [0.25, 0.3) is 0 Å². The molecule has 2 rings (SSSR count). The van der Waals surface area contributed by atoms with Gasteiger partial charge in [0.2, 0.25) is 5.88 Å². The minimum Gasteiger partial charge on any atom is -0.472 e. The van der Waals surface area contributed by atoms with Gasteiger partial charge in [0.25, 0.3) is 0 Å². The normalized spacial score (nSPS) is 10.5. The molecule has 0 unspecified atom stereocenters. The summed E-state index contributed by atoms with van der Waals surface area (Å²) in [5.41, 5.74) is 1.94. The quantitative estimate of drug-likeness (QED) is 0.755. The first-order valence-corrected chi connectivity index (χ1v) is 7.25. The van der Waals surface area contributed by atoms with Crippen LogP contribution in [0.1, 0.15) is 24.5 Å². The topological polar surface area (TPSA) is 35.0 Å². The summed E-state index contributed by atoms with van der Waals surface area (Å²) >= 11 is 9.58. The smallest absolute Gasteiger partial charge is 0.221 e. The van der Waals surface area contributed by atoms with Crippen molar-refractivity contribution in [3.05, 3.63) is 51.3 Å². The third kappa shape index (κ3) is 3.67. The van der Waals surface area contributed by atoms with Gasteiger partial charge in [-0.25, -0.2) is 9.97 Å². The van der Waals surface area contributed by atoms with Crippen molar-refractivity contribution in [3.8, 4) is 5.88 Å². The molecular weight excluding hydrogens is 328 g/mol. The second kappa shape index (κ2) is 6.87. The van der Waals surface area contributed by atoms with Gasteiger partial charge < -0.3 is 4.74 Å². The van der Waals surface area contributed by atoms with E-state index in [1.807, 2.05) is 24.3 Å². The molecule has 5 heteroatoms. The van der Waals surface area contributed by atoms with Gasteiger partial charge in [0, 0.05) is 10.0 Å². The van der Waals surface area contributed by atoms with Crippen LogP contribution in [-0.4, -0.2) is 9.97 Å². The Hall–Kier alpha value is -1.13. The summed E-state index contributed by atoms with van der Waals surface area (Å²) in [5, 5.41) is 0.471. The van der Waals surface area contributed by atoms with E-state index in [2.05, 4.69) is 32.8 Å². The fourth-order valence-electron chi connectivity index (χ4n) is 1.72. The third-order valence-corrected chi connectivity index (χ3v) is 3.77. The van der Waals surface area contributed by atoms with E-state index in [9.17, 15) is 0 Å². The summed E-state index contributed by atoms with van der Waals surface area (Å²) in [6.07, 6.45) is 3.21. The van der Waals surface area contributed by atoms with Crippen LogP contribution in [0.2, 0.25) is 5.15 Å². The SMILES string of the molecule is CCCc1c(Cl)ncnc1OCc1ccccc1Br. The van der Waals surface area contributed by atoms with Crippen molar-refractivity contribution in [1.82, 2.24) is 9.97 Å². The molecule has 0 spiro atoms. The van der Waals surface area contributed by atoms with Crippen LogP contribution >= 0.6 is 27.5 Å². The molecule has 0 bridgehead atoms. The monoisotopic (exact) mass is 340 g/mol. The van der Waals surface area contributed by atoms with Crippen molar-refractivity contribution >= 4 is 27.5 Å². The lowest BCUT2D eigenvalue weighted by atomic mass is 10.2. The highest BCUT2D eigenvalue weighted by Gasteiger charge is 2.11. The van der Waals surface area contributed by atoms with Gasteiger partial charge in [0.1, 0.15) is 18.1 Å². The van der Waals surface area contributed by atoms with Crippen LogP contribution in [-0.2, 0) is 13.0 Å². The number of nitrogens with zero attached hydrogens (tertiary/aromatic N) is 2. The van der Waals surface area contributed by atoms with Crippen molar-refractivity contribution in [3.63, 3.8) is 0 Å². The largest absolute Gasteiger partial charge is 0.472 e. The average Bonchev–Trinajstić information content (AvgIpc) is 2.41. The summed E-state index contributed by atoms with van der Waals surface area (Å²) in [6, 6.07) is 7.94. The zero-order chi connectivity index (χ0) is 13.7. The highest BCUT2D eigenvalue weighted by molar-refractivity contribution is 9.10. The summed E-state index contributed by atoms with van der Waals surface area (Å²) in [6.45, 7) is 2.53. The van der Waals surface area contributed by atoms with Crippen molar-refractivity contribution in [1.29, 1.82) is 0 Å². The lowest BCUT2D eigenvalue weighted by Crippen LogP contribution is -2.03. The van der Waals surface area contributed by atoms with Crippen LogP contribution in [0.4, 0.5) is 0 Å². The Bertz CT molecular complexity index is 563. The second-order valence-electron chi connectivity index (χ2n) is 4.08. The molecule has 0 N–H and O–H groups in total. The summed E-state index contributed by atoms with van der Waals surface area (Å²) in [4.78, 5) is 8.17. The summed E-state index contributed by atoms with van der Waals surface area (Å²) in [5.74, 6) is 0.567. The Kier molecular flexibility index (Phi) is 5.16. The second-order valence-corrected chi connectivity index (χ2v) is 5.29. The van der Waals surface area contributed by atoms with Crippen molar-refractivity contribution < 1.29 is 4.74 Å². The fourth-order valence-corrected chi connectivity index (χ4v) is 2.34.